The van der Waals surface area contributed by atoms with Crippen molar-refractivity contribution in [1.82, 2.24) is 0 Å². The Morgan fingerprint density at radius 2 is 1.83 bits per heavy atom. The average Bonchev–Trinajstić information content (AvgIpc) is 2.75. The molecule has 3 rings (SSSR count). The molecule has 2 aromatic rings. The minimum Gasteiger partial charge on any atom is -0.491 e. The third-order valence-electron chi connectivity index (χ3n) is 5.34. The predicted molar refractivity (Wildman–Crippen MR) is 110 cm³/mol. The molecule has 0 aromatic heterocycles. The quantitative estimate of drug-likeness (QED) is 0.426. The first-order chi connectivity index (χ1) is 14.5. The summed E-state index contributed by atoms with van der Waals surface area (Å²) in [7, 11) is 0. The lowest BCUT2D eigenvalue weighted by molar-refractivity contribution is -0.0850. The SMILES string of the molecule is CCCCCOc1ccc(-c2ccc(C3CCC(OCC)CO3)c(F)c2F)cc1F. The molecule has 1 heterocycles. The van der Waals surface area contributed by atoms with E-state index in [1.54, 1.807) is 6.07 Å². The molecule has 0 amide bonds. The molecule has 3 nitrogen and oxygen atoms in total. The van der Waals surface area contributed by atoms with Gasteiger partial charge in [0.2, 0.25) is 0 Å². The van der Waals surface area contributed by atoms with Gasteiger partial charge in [-0.2, -0.15) is 0 Å². The molecule has 0 bridgehead atoms. The molecule has 0 N–H and O–H groups in total. The number of benzene rings is 2. The Morgan fingerprint density at radius 1 is 1.00 bits per heavy atom. The van der Waals surface area contributed by atoms with Crippen molar-refractivity contribution in [3.05, 3.63) is 53.3 Å². The summed E-state index contributed by atoms with van der Waals surface area (Å²) in [5.41, 5.74) is 0.454. The monoisotopic (exact) mass is 422 g/mol. The van der Waals surface area contributed by atoms with E-state index in [9.17, 15) is 13.2 Å². The van der Waals surface area contributed by atoms with E-state index in [2.05, 4.69) is 6.92 Å². The summed E-state index contributed by atoms with van der Waals surface area (Å²) in [6.07, 6.45) is 3.65. The van der Waals surface area contributed by atoms with E-state index in [0.29, 0.717) is 26.2 Å². The molecular weight excluding hydrogens is 393 g/mol. The zero-order chi connectivity index (χ0) is 21.5. The van der Waals surface area contributed by atoms with Crippen molar-refractivity contribution >= 4 is 0 Å². The number of unbranched alkanes of at least 4 members (excludes halogenated alkanes) is 2. The Kier molecular flexibility index (Phi) is 8.16. The fraction of sp³-hybridized carbons (Fsp3) is 0.500. The minimum absolute atomic E-state index is 0.00989. The third-order valence-corrected chi connectivity index (χ3v) is 5.34. The van der Waals surface area contributed by atoms with E-state index in [1.807, 2.05) is 6.92 Å². The van der Waals surface area contributed by atoms with Crippen LogP contribution in [0.15, 0.2) is 30.3 Å². The third kappa shape index (κ3) is 5.35. The Labute approximate surface area is 176 Å². The molecule has 1 fully saturated rings. The lowest BCUT2D eigenvalue weighted by atomic mass is 9.96. The van der Waals surface area contributed by atoms with Gasteiger partial charge in [-0.25, -0.2) is 13.2 Å². The molecule has 2 atom stereocenters. The average molecular weight is 422 g/mol. The summed E-state index contributed by atoms with van der Waals surface area (Å²) in [6, 6.07) is 7.17. The normalized spacial score (nSPS) is 19.1. The maximum absolute atomic E-state index is 14.8. The van der Waals surface area contributed by atoms with Crippen LogP contribution >= 0.6 is 0 Å². The van der Waals surface area contributed by atoms with Crippen molar-refractivity contribution in [2.75, 3.05) is 19.8 Å². The molecule has 0 aliphatic carbocycles. The van der Waals surface area contributed by atoms with Crippen LogP contribution in [0.5, 0.6) is 5.75 Å². The topological polar surface area (TPSA) is 27.7 Å². The second kappa shape index (κ2) is 10.8. The van der Waals surface area contributed by atoms with Gasteiger partial charge in [-0.05, 0) is 43.9 Å². The number of hydrogen-bond donors (Lipinski definition) is 0. The maximum Gasteiger partial charge on any atom is 0.167 e. The molecule has 6 heteroatoms. The zero-order valence-electron chi connectivity index (χ0n) is 17.6. The van der Waals surface area contributed by atoms with Crippen LogP contribution in [-0.2, 0) is 9.47 Å². The van der Waals surface area contributed by atoms with Gasteiger partial charge in [0.05, 0.1) is 25.4 Å². The Morgan fingerprint density at radius 3 is 2.50 bits per heavy atom. The zero-order valence-corrected chi connectivity index (χ0v) is 17.6. The number of ether oxygens (including phenoxy) is 3. The standard InChI is InChI=1S/C24H29F3O3/c1-3-5-6-13-29-22-11-7-16(14-20(22)25)18-9-10-19(24(27)23(18)26)21-12-8-17(15-30-21)28-4-2/h7,9-11,14,17,21H,3-6,8,12-13,15H2,1-2H3. The van der Waals surface area contributed by atoms with E-state index < -0.39 is 23.6 Å². The molecule has 30 heavy (non-hydrogen) atoms. The van der Waals surface area contributed by atoms with Crippen molar-refractivity contribution < 1.29 is 27.4 Å². The largest absolute Gasteiger partial charge is 0.491 e. The van der Waals surface area contributed by atoms with Crippen molar-refractivity contribution in [1.29, 1.82) is 0 Å². The molecule has 2 unspecified atom stereocenters. The van der Waals surface area contributed by atoms with Gasteiger partial charge in [0, 0.05) is 17.7 Å². The Balaban J connectivity index is 1.73. The van der Waals surface area contributed by atoms with Crippen LogP contribution in [0.25, 0.3) is 11.1 Å². The van der Waals surface area contributed by atoms with Gasteiger partial charge >= 0.3 is 0 Å². The summed E-state index contributed by atoms with van der Waals surface area (Å²) < 4.78 is 60.6. The van der Waals surface area contributed by atoms with Gasteiger partial charge in [-0.1, -0.05) is 38.0 Å². The molecule has 1 aliphatic rings. The van der Waals surface area contributed by atoms with Crippen molar-refractivity contribution in [3.8, 4) is 16.9 Å². The van der Waals surface area contributed by atoms with Crippen molar-refractivity contribution in [3.63, 3.8) is 0 Å². The van der Waals surface area contributed by atoms with Gasteiger partial charge in [0.1, 0.15) is 0 Å². The number of hydrogen-bond acceptors (Lipinski definition) is 3. The number of rotatable bonds is 9. The van der Waals surface area contributed by atoms with E-state index in [4.69, 9.17) is 14.2 Å². The van der Waals surface area contributed by atoms with E-state index in [-0.39, 0.29) is 28.5 Å². The number of halogens is 3. The molecule has 0 saturated carbocycles. The van der Waals surface area contributed by atoms with Crippen molar-refractivity contribution in [2.45, 2.75) is 58.2 Å². The second-order valence-electron chi connectivity index (χ2n) is 7.51. The molecule has 0 radical (unpaired) electrons. The Hall–Kier alpha value is -2.05. The van der Waals surface area contributed by atoms with Crippen LogP contribution in [0.2, 0.25) is 0 Å². The van der Waals surface area contributed by atoms with Crippen molar-refractivity contribution in [2.24, 2.45) is 0 Å². The highest BCUT2D eigenvalue weighted by Gasteiger charge is 2.27. The first-order valence-electron chi connectivity index (χ1n) is 10.7. The predicted octanol–water partition coefficient (Wildman–Crippen LogP) is 6.60. The smallest absolute Gasteiger partial charge is 0.167 e. The van der Waals surface area contributed by atoms with Gasteiger partial charge < -0.3 is 14.2 Å². The summed E-state index contributed by atoms with van der Waals surface area (Å²) in [5.74, 6) is -2.43. The van der Waals surface area contributed by atoms with Gasteiger partial charge in [-0.3, -0.25) is 0 Å². The highest BCUT2D eigenvalue weighted by atomic mass is 19.2. The van der Waals surface area contributed by atoms with Crippen LogP contribution in [0.4, 0.5) is 13.2 Å². The maximum atomic E-state index is 14.8. The van der Waals surface area contributed by atoms with E-state index in [1.165, 1.54) is 24.3 Å². The second-order valence-corrected chi connectivity index (χ2v) is 7.51. The van der Waals surface area contributed by atoms with E-state index >= 15 is 0 Å². The van der Waals surface area contributed by atoms with Crippen LogP contribution in [0.3, 0.4) is 0 Å². The fourth-order valence-corrected chi connectivity index (χ4v) is 3.70. The van der Waals surface area contributed by atoms with Crippen LogP contribution < -0.4 is 4.74 Å². The molecule has 1 saturated heterocycles. The highest BCUT2D eigenvalue weighted by molar-refractivity contribution is 5.66. The summed E-state index contributed by atoms with van der Waals surface area (Å²) >= 11 is 0. The summed E-state index contributed by atoms with van der Waals surface area (Å²) in [5, 5.41) is 0. The van der Waals surface area contributed by atoms with Gasteiger partial charge in [-0.15, -0.1) is 0 Å². The van der Waals surface area contributed by atoms with Gasteiger partial charge in [0.25, 0.3) is 0 Å². The van der Waals surface area contributed by atoms with Crippen LogP contribution in [-0.4, -0.2) is 25.9 Å². The van der Waals surface area contributed by atoms with Crippen LogP contribution in [0.1, 0.15) is 57.6 Å². The lowest BCUT2D eigenvalue weighted by Gasteiger charge is -2.29. The van der Waals surface area contributed by atoms with E-state index in [0.717, 1.165) is 25.7 Å². The molecule has 0 spiro atoms. The highest BCUT2D eigenvalue weighted by Crippen LogP contribution is 2.35. The first-order valence-corrected chi connectivity index (χ1v) is 10.7. The van der Waals surface area contributed by atoms with Crippen LogP contribution in [0, 0.1) is 17.5 Å². The van der Waals surface area contributed by atoms with Gasteiger partial charge in [0.15, 0.2) is 23.2 Å². The molecule has 164 valence electrons. The molecule has 1 aliphatic heterocycles. The summed E-state index contributed by atoms with van der Waals surface area (Å²) in [4.78, 5) is 0. The summed E-state index contributed by atoms with van der Waals surface area (Å²) in [6.45, 7) is 5.36. The minimum atomic E-state index is -1.00. The first kappa shape index (κ1) is 22.6. The Bertz CT molecular complexity index is 833. The molecule has 2 aromatic carbocycles. The lowest BCUT2D eigenvalue weighted by Crippen LogP contribution is -2.28. The fourth-order valence-electron chi connectivity index (χ4n) is 3.70. The molecular formula is C24H29F3O3.